The number of hydrogen-bond acceptors (Lipinski definition) is 3. The van der Waals surface area contributed by atoms with Crippen molar-refractivity contribution in [3.63, 3.8) is 0 Å². The van der Waals surface area contributed by atoms with Gasteiger partial charge in [0.25, 0.3) is 0 Å². The van der Waals surface area contributed by atoms with E-state index in [9.17, 15) is 0 Å². The molecule has 0 saturated heterocycles. The maximum absolute atomic E-state index is 8.83. The van der Waals surface area contributed by atoms with E-state index in [0.29, 0.717) is 11.1 Å². The molecule has 0 bridgehead atoms. The van der Waals surface area contributed by atoms with Gasteiger partial charge in [-0.3, -0.25) is 0 Å². The predicted octanol–water partition coefficient (Wildman–Crippen LogP) is 1.42. The minimum Gasteiger partial charge on any atom is -0.240 e. The van der Waals surface area contributed by atoms with E-state index in [2.05, 4.69) is 11.2 Å². The highest BCUT2D eigenvalue weighted by Crippen LogP contribution is 2.13. The van der Waals surface area contributed by atoms with Crippen LogP contribution in [-0.4, -0.2) is 9.78 Å². The van der Waals surface area contributed by atoms with Gasteiger partial charge in [0.2, 0.25) is 0 Å². The first-order valence-corrected chi connectivity index (χ1v) is 4.20. The lowest BCUT2D eigenvalue weighted by molar-refractivity contribution is 0.880. The summed E-state index contributed by atoms with van der Waals surface area (Å²) >= 11 is 0. The van der Waals surface area contributed by atoms with Gasteiger partial charge in [0.05, 0.1) is 23.0 Å². The van der Waals surface area contributed by atoms with E-state index in [1.54, 1.807) is 29.1 Å². The maximum Gasteiger partial charge on any atom is 0.101 e. The Kier molecular flexibility index (Phi) is 2.19. The van der Waals surface area contributed by atoms with Crippen molar-refractivity contribution in [1.82, 2.24) is 9.78 Å². The van der Waals surface area contributed by atoms with Crippen molar-refractivity contribution in [2.24, 2.45) is 0 Å². The van der Waals surface area contributed by atoms with Crippen LogP contribution in [0.4, 0.5) is 0 Å². The Labute approximate surface area is 86.6 Å². The summed E-state index contributed by atoms with van der Waals surface area (Å²) in [5.74, 6) is 0. The third-order valence-electron chi connectivity index (χ3n) is 1.96. The van der Waals surface area contributed by atoms with Gasteiger partial charge in [-0.2, -0.15) is 15.6 Å². The molecule has 0 spiro atoms. The van der Waals surface area contributed by atoms with Crippen molar-refractivity contribution in [3.05, 3.63) is 47.8 Å². The number of nitriles is 2. The second kappa shape index (κ2) is 3.65. The molecule has 0 aliphatic heterocycles. The first kappa shape index (κ1) is 8.98. The van der Waals surface area contributed by atoms with Crippen LogP contribution in [0, 0.1) is 28.7 Å². The Hall–Kier alpha value is -2.59. The van der Waals surface area contributed by atoms with E-state index in [4.69, 9.17) is 10.5 Å². The lowest BCUT2D eigenvalue weighted by Crippen LogP contribution is -1.95. The topological polar surface area (TPSA) is 65.4 Å². The molecule has 15 heavy (non-hydrogen) atoms. The zero-order chi connectivity index (χ0) is 10.7. The van der Waals surface area contributed by atoms with E-state index in [1.165, 1.54) is 6.20 Å². The highest BCUT2D eigenvalue weighted by Gasteiger charge is 2.03. The summed E-state index contributed by atoms with van der Waals surface area (Å²) in [5, 5.41) is 21.6. The molecular weight excluding hydrogens is 188 g/mol. The third-order valence-corrected chi connectivity index (χ3v) is 1.96. The molecule has 4 heteroatoms. The first-order valence-electron chi connectivity index (χ1n) is 4.20. The summed E-state index contributed by atoms with van der Waals surface area (Å²) in [6, 6.07) is 11.7. The molecule has 1 heterocycles. The van der Waals surface area contributed by atoms with Crippen LogP contribution in [0.1, 0.15) is 11.1 Å². The largest absolute Gasteiger partial charge is 0.240 e. The smallest absolute Gasteiger partial charge is 0.101 e. The summed E-state index contributed by atoms with van der Waals surface area (Å²) < 4.78 is 1.59. The van der Waals surface area contributed by atoms with Gasteiger partial charge >= 0.3 is 0 Å². The van der Waals surface area contributed by atoms with Gasteiger partial charge in [-0.05, 0) is 18.2 Å². The second-order valence-corrected chi connectivity index (χ2v) is 2.84. The summed E-state index contributed by atoms with van der Waals surface area (Å²) in [7, 11) is 0. The molecule has 1 radical (unpaired) electrons. The molecule has 0 aliphatic rings. The van der Waals surface area contributed by atoms with Crippen LogP contribution in [0.5, 0.6) is 0 Å². The van der Waals surface area contributed by atoms with Crippen LogP contribution >= 0.6 is 0 Å². The van der Waals surface area contributed by atoms with Crippen LogP contribution in [0.25, 0.3) is 5.69 Å². The van der Waals surface area contributed by atoms with E-state index in [0.717, 1.165) is 5.69 Å². The summed E-state index contributed by atoms with van der Waals surface area (Å²) in [5.41, 5.74) is 1.47. The summed E-state index contributed by atoms with van der Waals surface area (Å²) in [4.78, 5) is 0. The SMILES string of the molecule is N#Cc1ccc(-n2c[c]cn2)cc1C#N. The third kappa shape index (κ3) is 1.56. The second-order valence-electron chi connectivity index (χ2n) is 2.84. The van der Waals surface area contributed by atoms with Gasteiger partial charge in [-0.25, -0.2) is 4.68 Å². The Bertz CT molecular complexity index is 555. The Morgan fingerprint density at radius 3 is 2.60 bits per heavy atom. The fourth-order valence-corrected chi connectivity index (χ4v) is 1.24. The van der Waals surface area contributed by atoms with Crippen molar-refractivity contribution >= 4 is 0 Å². The average molecular weight is 193 g/mol. The van der Waals surface area contributed by atoms with E-state index in [1.807, 2.05) is 12.1 Å². The number of rotatable bonds is 1. The van der Waals surface area contributed by atoms with Crippen molar-refractivity contribution in [2.45, 2.75) is 0 Å². The molecule has 69 valence electrons. The molecule has 2 aromatic rings. The van der Waals surface area contributed by atoms with Crippen molar-refractivity contribution in [2.75, 3.05) is 0 Å². The number of aromatic nitrogens is 2. The lowest BCUT2D eigenvalue weighted by atomic mass is 10.1. The quantitative estimate of drug-likeness (QED) is 0.687. The molecule has 0 amide bonds. The molecule has 0 N–H and O–H groups in total. The van der Waals surface area contributed by atoms with Crippen molar-refractivity contribution in [3.8, 4) is 17.8 Å². The molecule has 0 aliphatic carbocycles. The first-order chi connectivity index (χ1) is 7.35. The molecule has 4 nitrogen and oxygen atoms in total. The standard InChI is InChI=1S/C11H5N4/c12-7-9-2-3-11(6-10(9)8-13)15-5-1-4-14-15/h2-6H. The maximum atomic E-state index is 8.83. The Morgan fingerprint density at radius 2 is 2.00 bits per heavy atom. The monoisotopic (exact) mass is 193 g/mol. The van der Waals surface area contributed by atoms with E-state index in [-0.39, 0.29) is 0 Å². The molecule has 0 unspecified atom stereocenters. The van der Waals surface area contributed by atoms with Crippen LogP contribution in [0.2, 0.25) is 0 Å². The minimum absolute atomic E-state index is 0.352. The molecule has 2 rings (SSSR count). The molecule has 1 aromatic heterocycles. The van der Waals surface area contributed by atoms with E-state index >= 15 is 0 Å². The zero-order valence-corrected chi connectivity index (χ0v) is 7.68. The van der Waals surface area contributed by atoms with Gasteiger partial charge in [-0.15, -0.1) is 0 Å². The van der Waals surface area contributed by atoms with Gasteiger partial charge in [0.1, 0.15) is 12.1 Å². The van der Waals surface area contributed by atoms with Gasteiger partial charge in [-0.1, -0.05) is 0 Å². The summed E-state index contributed by atoms with van der Waals surface area (Å²) in [6.45, 7) is 0. The van der Waals surface area contributed by atoms with Crippen LogP contribution < -0.4 is 0 Å². The van der Waals surface area contributed by atoms with Crippen LogP contribution in [0.3, 0.4) is 0 Å². The molecule has 0 fully saturated rings. The number of hydrogen-bond donors (Lipinski definition) is 0. The molecule has 0 atom stereocenters. The fourth-order valence-electron chi connectivity index (χ4n) is 1.24. The number of nitrogens with zero attached hydrogens (tertiary/aromatic N) is 4. The van der Waals surface area contributed by atoms with Gasteiger partial charge < -0.3 is 0 Å². The average Bonchev–Trinajstić information content (AvgIpc) is 2.81. The summed E-state index contributed by atoms with van der Waals surface area (Å²) in [6.07, 6.45) is 3.19. The van der Waals surface area contributed by atoms with Crippen molar-refractivity contribution in [1.29, 1.82) is 10.5 Å². The Balaban J connectivity index is 2.56. The van der Waals surface area contributed by atoms with Crippen LogP contribution in [-0.2, 0) is 0 Å². The number of benzene rings is 1. The Morgan fingerprint density at radius 1 is 1.20 bits per heavy atom. The highest BCUT2D eigenvalue weighted by atomic mass is 15.3. The fraction of sp³-hybridized carbons (Fsp3) is 0. The zero-order valence-electron chi connectivity index (χ0n) is 7.68. The normalized spacial score (nSPS) is 9.20. The van der Waals surface area contributed by atoms with Gasteiger partial charge in [0.15, 0.2) is 0 Å². The van der Waals surface area contributed by atoms with Crippen molar-refractivity contribution < 1.29 is 0 Å². The molecule has 1 aromatic carbocycles. The van der Waals surface area contributed by atoms with E-state index < -0.39 is 0 Å². The predicted molar refractivity (Wildman–Crippen MR) is 51.8 cm³/mol. The van der Waals surface area contributed by atoms with Crippen LogP contribution in [0.15, 0.2) is 30.6 Å². The molecular formula is C11H5N4. The lowest BCUT2D eigenvalue weighted by Gasteiger charge is -2.01. The van der Waals surface area contributed by atoms with Gasteiger partial charge in [0, 0.05) is 12.3 Å². The molecule has 0 saturated carbocycles. The minimum atomic E-state index is 0.352. The highest BCUT2D eigenvalue weighted by molar-refractivity contribution is 5.51.